The molecule has 2 atom stereocenters. The van der Waals surface area contributed by atoms with Gasteiger partial charge < -0.3 is 20.3 Å². The molecule has 136 valence electrons. The van der Waals surface area contributed by atoms with Gasteiger partial charge in [-0.25, -0.2) is 0 Å². The summed E-state index contributed by atoms with van der Waals surface area (Å²) in [5, 5.41) is 5.30. The summed E-state index contributed by atoms with van der Waals surface area (Å²) in [6.07, 6.45) is 4.16. The number of hydrogen-bond acceptors (Lipinski definition) is 5. The van der Waals surface area contributed by atoms with Crippen molar-refractivity contribution in [3.8, 4) is 5.75 Å². The van der Waals surface area contributed by atoms with E-state index in [1.807, 2.05) is 6.26 Å². The summed E-state index contributed by atoms with van der Waals surface area (Å²) in [7, 11) is 1.58. The van der Waals surface area contributed by atoms with Gasteiger partial charge in [0, 0.05) is 12.2 Å². The Labute approximate surface area is 151 Å². The van der Waals surface area contributed by atoms with Crippen LogP contribution in [-0.4, -0.2) is 54.5 Å². The van der Waals surface area contributed by atoms with E-state index in [4.69, 9.17) is 4.74 Å². The van der Waals surface area contributed by atoms with E-state index in [2.05, 4.69) is 10.6 Å². The molecule has 0 aromatic heterocycles. The molecule has 1 fully saturated rings. The Morgan fingerprint density at radius 1 is 1.40 bits per heavy atom. The molecule has 2 rings (SSSR count). The lowest BCUT2D eigenvalue weighted by Crippen LogP contribution is -2.46. The van der Waals surface area contributed by atoms with Gasteiger partial charge in [-0.05, 0) is 43.4 Å². The normalized spacial score (nSPS) is 17.7. The summed E-state index contributed by atoms with van der Waals surface area (Å²) in [5.41, 5.74) is 0.667. The second kappa shape index (κ2) is 9.31. The Balaban J connectivity index is 1.86. The van der Waals surface area contributed by atoms with E-state index in [1.54, 1.807) is 31.4 Å². The van der Waals surface area contributed by atoms with Gasteiger partial charge in [0.2, 0.25) is 18.2 Å². The summed E-state index contributed by atoms with van der Waals surface area (Å²) in [6, 6.07) is 6.60. The van der Waals surface area contributed by atoms with Crippen molar-refractivity contribution >= 4 is 35.7 Å². The number of thioether (sulfide) groups is 1. The number of rotatable bonds is 8. The molecule has 8 heteroatoms. The molecule has 1 aliphatic rings. The number of anilines is 1. The summed E-state index contributed by atoms with van der Waals surface area (Å²) >= 11 is 1.39. The van der Waals surface area contributed by atoms with E-state index in [-0.39, 0.29) is 23.6 Å². The molecule has 2 N–H and O–H groups in total. The number of hydrogen-bond donors (Lipinski definition) is 2. The van der Waals surface area contributed by atoms with Crippen LogP contribution >= 0.6 is 11.8 Å². The molecule has 25 heavy (non-hydrogen) atoms. The number of ether oxygens (including phenoxy) is 1. The zero-order chi connectivity index (χ0) is 18.2. The van der Waals surface area contributed by atoms with Crippen molar-refractivity contribution in [3.63, 3.8) is 0 Å². The second-order valence-electron chi connectivity index (χ2n) is 5.71. The van der Waals surface area contributed by atoms with Crippen molar-refractivity contribution in [3.05, 3.63) is 24.3 Å². The van der Waals surface area contributed by atoms with E-state index in [0.29, 0.717) is 30.8 Å². The third kappa shape index (κ3) is 5.38. The Kier molecular flexibility index (Phi) is 7.12. The minimum absolute atomic E-state index is 0.146. The fourth-order valence-corrected chi connectivity index (χ4v) is 3.25. The molecule has 7 nitrogen and oxygen atoms in total. The van der Waals surface area contributed by atoms with Gasteiger partial charge in [-0.1, -0.05) is 0 Å². The molecule has 1 saturated heterocycles. The number of carbonyl (C=O) groups excluding carboxylic acids is 3. The summed E-state index contributed by atoms with van der Waals surface area (Å²) in [4.78, 5) is 37.0. The van der Waals surface area contributed by atoms with E-state index in [9.17, 15) is 14.4 Å². The molecule has 0 spiro atoms. The first-order chi connectivity index (χ1) is 12.1. The van der Waals surface area contributed by atoms with E-state index < -0.39 is 6.04 Å². The molecule has 1 aromatic carbocycles. The first kappa shape index (κ1) is 19.1. The van der Waals surface area contributed by atoms with Crippen molar-refractivity contribution in [2.45, 2.75) is 30.7 Å². The highest BCUT2D eigenvalue weighted by Gasteiger charge is 2.31. The number of nitrogens with one attached hydrogen (secondary N) is 2. The Morgan fingerprint density at radius 3 is 2.72 bits per heavy atom. The standard InChI is InChI=1S/C17H23N3O4S/c1-24-13-7-5-12(6-8-13)18-15(22)10-16(25-2)19-17(23)14-4-3-9-20(14)11-21/h5-8,11,14,16H,3-4,9-10H2,1-2H3,(H,18,22)(H,19,23)/t14-,16?/m0/s1. The molecule has 0 radical (unpaired) electrons. The van der Waals surface area contributed by atoms with Gasteiger partial charge in [0.1, 0.15) is 11.8 Å². The van der Waals surface area contributed by atoms with Gasteiger partial charge in [0.05, 0.1) is 18.9 Å². The van der Waals surface area contributed by atoms with Crippen LogP contribution in [0.2, 0.25) is 0 Å². The molecule has 1 unspecified atom stereocenters. The fourth-order valence-electron chi connectivity index (χ4n) is 2.70. The third-order valence-corrected chi connectivity index (χ3v) is 4.92. The largest absolute Gasteiger partial charge is 0.497 e. The van der Waals surface area contributed by atoms with Crippen molar-refractivity contribution < 1.29 is 19.1 Å². The van der Waals surface area contributed by atoms with Crippen molar-refractivity contribution in [1.29, 1.82) is 0 Å². The highest BCUT2D eigenvalue weighted by atomic mass is 32.2. The molecular formula is C17H23N3O4S. The molecule has 0 aliphatic carbocycles. The minimum atomic E-state index is -0.434. The summed E-state index contributed by atoms with van der Waals surface area (Å²) < 4.78 is 5.07. The van der Waals surface area contributed by atoms with Gasteiger partial charge in [0.15, 0.2) is 0 Å². The lowest BCUT2D eigenvalue weighted by atomic mass is 10.2. The number of likely N-dealkylation sites (tertiary alicyclic amines) is 1. The quantitative estimate of drug-likeness (QED) is 0.538. The maximum Gasteiger partial charge on any atom is 0.243 e. The van der Waals surface area contributed by atoms with Crippen LogP contribution in [0.1, 0.15) is 19.3 Å². The zero-order valence-corrected chi connectivity index (χ0v) is 15.2. The van der Waals surface area contributed by atoms with Crippen LogP contribution in [0.4, 0.5) is 5.69 Å². The smallest absolute Gasteiger partial charge is 0.243 e. The average Bonchev–Trinajstić information content (AvgIpc) is 3.10. The van der Waals surface area contributed by atoms with Gasteiger partial charge in [-0.2, -0.15) is 0 Å². The predicted octanol–water partition coefficient (Wildman–Crippen LogP) is 1.45. The molecule has 1 heterocycles. The highest BCUT2D eigenvalue weighted by molar-refractivity contribution is 7.99. The number of amides is 3. The number of benzene rings is 1. The molecule has 1 aromatic rings. The first-order valence-corrected chi connectivity index (χ1v) is 9.34. The van der Waals surface area contributed by atoms with Gasteiger partial charge in [-0.3, -0.25) is 14.4 Å². The van der Waals surface area contributed by atoms with Crippen LogP contribution in [0, 0.1) is 0 Å². The molecule has 1 aliphatic heterocycles. The molecule has 0 saturated carbocycles. The topological polar surface area (TPSA) is 87.7 Å². The SMILES string of the molecule is COc1ccc(NC(=O)CC(NC(=O)[C@@H]2CCCN2C=O)SC)cc1. The lowest BCUT2D eigenvalue weighted by Gasteiger charge is -2.22. The number of methoxy groups -OCH3 is 1. The fraction of sp³-hybridized carbons (Fsp3) is 0.471. The Bertz CT molecular complexity index is 608. The van der Waals surface area contributed by atoms with Gasteiger partial charge >= 0.3 is 0 Å². The van der Waals surface area contributed by atoms with Crippen LogP contribution in [0.15, 0.2) is 24.3 Å². The van der Waals surface area contributed by atoms with Gasteiger partial charge in [-0.15, -0.1) is 11.8 Å². The van der Waals surface area contributed by atoms with Crippen LogP contribution in [0.3, 0.4) is 0 Å². The maximum absolute atomic E-state index is 12.3. The van der Waals surface area contributed by atoms with Gasteiger partial charge in [0.25, 0.3) is 0 Å². The monoisotopic (exact) mass is 365 g/mol. The van der Waals surface area contributed by atoms with Crippen LogP contribution < -0.4 is 15.4 Å². The molecule has 0 bridgehead atoms. The molecular weight excluding hydrogens is 342 g/mol. The second-order valence-corrected chi connectivity index (χ2v) is 6.76. The van der Waals surface area contributed by atoms with Crippen molar-refractivity contribution in [1.82, 2.24) is 10.2 Å². The predicted molar refractivity (Wildman–Crippen MR) is 97.5 cm³/mol. The zero-order valence-electron chi connectivity index (χ0n) is 14.4. The van der Waals surface area contributed by atoms with Crippen LogP contribution in [-0.2, 0) is 14.4 Å². The van der Waals surface area contributed by atoms with Crippen LogP contribution in [0.25, 0.3) is 0 Å². The minimum Gasteiger partial charge on any atom is -0.497 e. The average molecular weight is 365 g/mol. The van der Waals surface area contributed by atoms with Crippen LogP contribution in [0.5, 0.6) is 5.75 Å². The van der Waals surface area contributed by atoms with E-state index in [1.165, 1.54) is 16.7 Å². The Morgan fingerprint density at radius 2 is 2.12 bits per heavy atom. The molecule has 3 amide bonds. The first-order valence-electron chi connectivity index (χ1n) is 8.05. The van der Waals surface area contributed by atoms with E-state index >= 15 is 0 Å². The van der Waals surface area contributed by atoms with E-state index in [0.717, 1.165) is 6.42 Å². The lowest BCUT2D eigenvalue weighted by molar-refractivity contribution is -0.131. The van der Waals surface area contributed by atoms with Crippen molar-refractivity contribution in [2.24, 2.45) is 0 Å². The summed E-state index contributed by atoms with van der Waals surface area (Å²) in [6.45, 7) is 0.601. The third-order valence-electron chi connectivity index (χ3n) is 4.06. The maximum atomic E-state index is 12.3. The summed E-state index contributed by atoms with van der Waals surface area (Å²) in [5.74, 6) is 0.313. The highest BCUT2D eigenvalue weighted by Crippen LogP contribution is 2.18. The Hall–Kier alpha value is -2.22. The number of nitrogens with zero attached hydrogens (tertiary/aromatic N) is 1. The number of carbonyl (C=O) groups is 3. The van der Waals surface area contributed by atoms with Crippen molar-refractivity contribution in [2.75, 3.05) is 25.2 Å².